The zero-order valence-electron chi connectivity index (χ0n) is 11.4. The zero-order chi connectivity index (χ0) is 14.7. The van der Waals surface area contributed by atoms with Crippen LogP contribution in [0.1, 0.15) is 18.6 Å². The molecule has 0 aliphatic carbocycles. The molecule has 0 aliphatic heterocycles. The number of hydrogen-bond acceptors (Lipinski definition) is 5. The van der Waals surface area contributed by atoms with Gasteiger partial charge < -0.3 is 9.84 Å². The molecule has 0 bridgehead atoms. The van der Waals surface area contributed by atoms with Crippen LogP contribution >= 0.6 is 0 Å². The van der Waals surface area contributed by atoms with Gasteiger partial charge in [0.05, 0.1) is 11.8 Å². The van der Waals surface area contributed by atoms with E-state index in [-0.39, 0.29) is 6.01 Å². The molecule has 6 nitrogen and oxygen atoms in total. The highest BCUT2D eigenvalue weighted by Crippen LogP contribution is 2.18. The molecule has 2 heterocycles. The van der Waals surface area contributed by atoms with Gasteiger partial charge in [0.2, 0.25) is 5.88 Å². The Bertz CT molecular complexity index is 708. The summed E-state index contributed by atoms with van der Waals surface area (Å²) in [7, 11) is 0. The molecular formula is C15H14N4O2. The van der Waals surface area contributed by atoms with Crippen molar-refractivity contribution < 1.29 is 9.84 Å². The van der Waals surface area contributed by atoms with Crippen molar-refractivity contribution in [1.82, 2.24) is 19.7 Å². The van der Waals surface area contributed by atoms with E-state index in [1.54, 1.807) is 36.3 Å². The van der Waals surface area contributed by atoms with Crippen LogP contribution in [-0.4, -0.2) is 24.9 Å². The number of para-hydroxylation sites is 1. The molecule has 0 unspecified atom stereocenters. The number of pyridine rings is 1. The summed E-state index contributed by atoms with van der Waals surface area (Å²) in [6.07, 6.45) is 2.59. The van der Waals surface area contributed by atoms with Gasteiger partial charge in [-0.25, -0.2) is 9.67 Å². The van der Waals surface area contributed by atoms with Crippen LogP contribution in [0, 0.1) is 0 Å². The van der Waals surface area contributed by atoms with Gasteiger partial charge in [0.25, 0.3) is 0 Å². The molecule has 3 rings (SSSR count). The lowest BCUT2D eigenvalue weighted by Crippen LogP contribution is -1.96. The number of ether oxygens (including phenoxy) is 1. The smallest absolute Gasteiger partial charge is 0.342 e. The van der Waals surface area contributed by atoms with Gasteiger partial charge in [-0.3, -0.25) is 0 Å². The minimum Gasteiger partial charge on any atom is -0.404 e. The van der Waals surface area contributed by atoms with Crippen LogP contribution in [0.4, 0.5) is 0 Å². The standard InChI is InChI=1S/C15H14N4O2/c1-11(20)12-7-8-14(16-9-12)21-15-17-10-19(18-15)13-5-3-2-4-6-13/h2-11,20H,1H3/t11-/m0/s1. The molecular weight excluding hydrogens is 268 g/mol. The maximum atomic E-state index is 9.42. The van der Waals surface area contributed by atoms with Crippen molar-refractivity contribution >= 4 is 0 Å². The fourth-order valence-electron chi connectivity index (χ4n) is 1.79. The van der Waals surface area contributed by atoms with E-state index < -0.39 is 6.10 Å². The fraction of sp³-hybridized carbons (Fsp3) is 0.133. The van der Waals surface area contributed by atoms with Gasteiger partial charge in [0.1, 0.15) is 6.33 Å². The molecule has 0 spiro atoms. The quantitative estimate of drug-likeness (QED) is 0.796. The van der Waals surface area contributed by atoms with Crippen molar-refractivity contribution in [3.63, 3.8) is 0 Å². The predicted molar refractivity (Wildman–Crippen MR) is 76.3 cm³/mol. The number of aliphatic hydroxyl groups is 1. The van der Waals surface area contributed by atoms with Gasteiger partial charge in [0.15, 0.2) is 0 Å². The van der Waals surface area contributed by atoms with Crippen molar-refractivity contribution in [2.24, 2.45) is 0 Å². The van der Waals surface area contributed by atoms with E-state index in [0.29, 0.717) is 5.88 Å². The molecule has 0 radical (unpaired) electrons. The lowest BCUT2D eigenvalue weighted by molar-refractivity contribution is 0.198. The third-order valence-corrected chi connectivity index (χ3v) is 2.93. The highest BCUT2D eigenvalue weighted by Gasteiger charge is 2.07. The zero-order valence-corrected chi connectivity index (χ0v) is 11.4. The normalized spacial score (nSPS) is 12.1. The number of rotatable bonds is 4. The molecule has 106 valence electrons. The number of aliphatic hydroxyl groups excluding tert-OH is 1. The van der Waals surface area contributed by atoms with Gasteiger partial charge in [-0.15, -0.1) is 5.10 Å². The summed E-state index contributed by atoms with van der Waals surface area (Å²) in [6.45, 7) is 1.68. The minimum absolute atomic E-state index is 0.219. The van der Waals surface area contributed by atoms with E-state index >= 15 is 0 Å². The van der Waals surface area contributed by atoms with Crippen LogP contribution < -0.4 is 4.74 Å². The van der Waals surface area contributed by atoms with Gasteiger partial charge in [-0.05, 0) is 30.7 Å². The third kappa shape index (κ3) is 3.06. The van der Waals surface area contributed by atoms with Crippen molar-refractivity contribution in [2.75, 3.05) is 0 Å². The average molecular weight is 282 g/mol. The molecule has 2 aromatic heterocycles. The van der Waals surface area contributed by atoms with E-state index in [9.17, 15) is 5.11 Å². The van der Waals surface area contributed by atoms with Crippen LogP contribution in [0.15, 0.2) is 55.0 Å². The van der Waals surface area contributed by atoms with Crippen LogP contribution in [0.5, 0.6) is 11.9 Å². The Morgan fingerprint density at radius 2 is 1.90 bits per heavy atom. The molecule has 0 amide bonds. The van der Waals surface area contributed by atoms with Crippen molar-refractivity contribution in [3.05, 3.63) is 60.6 Å². The summed E-state index contributed by atoms with van der Waals surface area (Å²) in [5, 5.41) is 13.7. The summed E-state index contributed by atoms with van der Waals surface area (Å²) in [5.41, 5.74) is 1.63. The van der Waals surface area contributed by atoms with Crippen molar-refractivity contribution in [3.8, 4) is 17.6 Å². The first-order chi connectivity index (χ1) is 10.2. The molecule has 1 aromatic carbocycles. The molecule has 0 saturated carbocycles. The van der Waals surface area contributed by atoms with E-state index in [0.717, 1.165) is 11.3 Å². The summed E-state index contributed by atoms with van der Waals surface area (Å²) in [5.74, 6) is 0.380. The second-order valence-electron chi connectivity index (χ2n) is 4.52. The summed E-state index contributed by atoms with van der Waals surface area (Å²) in [4.78, 5) is 8.19. The second kappa shape index (κ2) is 5.72. The highest BCUT2D eigenvalue weighted by molar-refractivity contribution is 5.30. The fourth-order valence-corrected chi connectivity index (χ4v) is 1.79. The Morgan fingerprint density at radius 3 is 2.57 bits per heavy atom. The van der Waals surface area contributed by atoms with E-state index in [1.807, 2.05) is 30.3 Å². The summed E-state index contributed by atoms with van der Waals surface area (Å²) in [6, 6.07) is 13.3. The highest BCUT2D eigenvalue weighted by atomic mass is 16.5. The van der Waals surface area contributed by atoms with Crippen molar-refractivity contribution in [2.45, 2.75) is 13.0 Å². The number of nitrogens with zero attached hydrogens (tertiary/aromatic N) is 4. The van der Waals surface area contributed by atoms with Crippen LogP contribution in [0.2, 0.25) is 0 Å². The van der Waals surface area contributed by atoms with E-state index in [2.05, 4.69) is 15.1 Å². The number of hydrogen-bond donors (Lipinski definition) is 1. The average Bonchev–Trinajstić information content (AvgIpc) is 2.97. The molecule has 6 heteroatoms. The SMILES string of the molecule is C[C@H](O)c1ccc(Oc2ncn(-c3ccccc3)n2)nc1. The van der Waals surface area contributed by atoms with Gasteiger partial charge in [-0.1, -0.05) is 18.2 Å². The Labute approximate surface area is 121 Å². The molecule has 21 heavy (non-hydrogen) atoms. The minimum atomic E-state index is -0.554. The summed E-state index contributed by atoms with van der Waals surface area (Å²) >= 11 is 0. The lowest BCUT2D eigenvalue weighted by atomic mass is 10.2. The Balaban J connectivity index is 1.75. The molecule has 3 aromatic rings. The Morgan fingerprint density at radius 1 is 1.10 bits per heavy atom. The molecule has 0 saturated heterocycles. The lowest BCUT2D eigenvalue weighted by Gasteiger charge is -2.04. The molecule has 0 aliphatic rings. The van der Waals surface area contributed by atoms with Gasteiger partial charge >= 0.3 is 6.01 Å². The monoisotopic (exact) mass is 282 g/mol. The van der Waals surface area contributed by atoms with Crippen LogP contribution in [0.25, 0.3) is 5.69 Å². The number of aromatic nitrogens is 4. The topological polar surface area (TPSA) is 73.1 Å². The van der Waals surface area contributed by atoms with Crippen LogP contribution in [-0.2, 0) is 0 Å². The first-order valence-corrected chi connectivity index (χ1v) is 6.51. The number of benzene rings is 1. The van der Waals surface area contributed by atoms with Crippen LogP contribution in [0.3, 0.4) is 0 Å². The molecule has 1 N–H and O–H groups in total. The largest absolute Gasteiger partial charge is 0.404 e. The maximum Gasteiger partial charge on any atom is 0.342 e. The predicted octanol–water partition coefficient (Wildman–Crippen LogP) is 2.51. The maximum absolute atomic E-state index is 9.42. The van der Waals surface area contributed by atoms with Gasteiger partial charge in [0, 0.05) is 12.3 Å². The molecule has 0 fully saturated rings. The Hall–Kier alpha value is -2.73. The second-order valence-corrected chi connectivity index (χ2v) is 4.52. The first kappa shape index (κ1) is 13.3. The third-order valence-electron chi connectivity index (χ3n) is 2.93. The molecule has 1 atom stereocenters. The van der Waals surface area contributed by atoms with Crippen molar-refractivity contribution in [1.29, 1.82) is 0 Å². The summed E-state index contributed by atoms with van der Waals surface area (Å²) < 4.78 is 7.10. The van der Waals surface area contributed by atoms with E-state index in [1.165, 1.54) is 0 Å². The van der Waals surface area contributed by atoms with Gasteiger partial charge in [-0.2, -0.15) is 4.98 Å². The van der Waals surface area contributed by atoms with E-state index in [4.69, 9.17) is 4.74 Å². The Kier molecular flexibility index (Phi) is 3.61. The first-order valence-electron chi connectivity index (χ1n) is 6.51.